The number of carbonyl (C=O) groups is 1. The lowest BCUT2D eigenvalue weighted by Gasteiger charge is -2.23. The van der Waals surface area contributed by atoms with Gasteiger partial charge in [0.05, 0.1) is 0 Å². The average Bonchev–Trinajstić information content (AvgIpc) is 2.94. The largest absolute Gasteiger partial charge is 0.343 e. The normalized spacial score (nSPS) is 11.4. The quantitative estimate of drug-likeness (QED) is 0.0745. The van der Waals surface area contributed by atoms with Crippen LogP contribution in [0.5, 0.6) is 0 Å². The first-order chi connectivity index (χ1) is 19.3. The summed E-state index contributed by atoms with van der Waals surface area (Å²) in [6.07, 6.45) is 41.5. The van der Waals surface area contributed by atoms with Gasteiger partial charge in [-0.2, -0.15) is 0 Å². The highest BCUT2D eigenvalue weighted by Crippen LogP contribution is 2.15. The highest BCUT2D eigenvalue weighted by Gasteiger charge is 2.12. The average molecular weight is 550 g/mol. The monoisotopic (exact) mass is 550 g/mol. The summed E-state index contributed by atoms with van der Waals surface area (Å²) in [6, 6.07) is 0. The van der Waals surface area contributed by atoms with E-state index in [0.717, 1.165) is 25.9 Å². The van der Waals surface area contributed by atoms with Crippen LogP contribution in [-0.2, 0) is 4.79 Å². The lowest BCUT2D eigenvalue weighted by atomic mass is 10.0. The van der Waals surface area contributed by atoms with Crippen molar-refractivity contribution in [3.63, 3.8) is 0 Å². The Balaban J connectivity index is 4.04. The number of hydrogen-bond acceptors (Lipinski definition) is 1. The van der Waals surface area contributed by atoms with Crippen LogP contribution in [0.2, 0.25) is 0 Å². The van der Waals surface area contributed by atoms with Crippen LogP contribution in [0.3, 0.4) is 0 Å². The minimum atomic E-state index is 0.445. The van der Waals surface area contributed by atoms with Crippen molar-refractivity contribution in [1.82, 2.24) is 4.90 Å². The third-order valence-corrected chi connectivity index (χ3v) is 8.66. The van der Waals surface area contributed by atoms with Crippen molar-refractivity contribution in [2.45, 2.75) is 220 Å². The molecule has 39 heavy (non-hydrogen) atoms. The Kier molecular flexibility index (Phi) is 33.2. The molecular formula is C37H75NO. The van der Waals surface area contributed by atoms with E-state index in [1.54, 1.807) is 0 Å². The summed E-state index contributed by atoms with van der Waals surface area (Å²) >= 11 is 0. The van der Waals surface area contributed by atoms with Gasteiger partial charge in [-0.15, -0.1) is 0 Å². The van der Waals surface area contributed by atoms with Gasteiger partial charge in [0.25, 0.3) is 0 Å². The molecule has 0 fully saturated rings. The van der Waals surface area contributed by atoms with Gasteiger partial charge < -0.3 is 4.90 Å². The summed E-state index contributed by atoms with van der Waals surface area (Å²) in [5.74, 6) is 0.445. The Bertz CT molecular complexity index is 436. The fourth-order valence-corrected chi connectivity index (χ4v) is 5.86. The van der Waals surface area contributed by atoms with Crippen molar-refractivity contribution in [3.8, 4) is 0 Å². The Labute approximate surface area is 248 Å². The Morgan fingerprint density at radius 1 is 0.333 bits per heavy atom. The zero-order chi connectivity index (χ0) is 28.5. The summed E-state index contributed by atoms with van der Waals surface area (Å²) in [5.41, 5.74) is 0. The number of rotatable bonds is 33. The molecule has 0 aromatic rings. The maximum Gasteiger partial charge on any atom is 0.222 e. The van der Waals surface area contributed by atoms with Crippen LogP contribution in [0.15, 0.2) is 0 Å². The standard InChI is InChI=1S/C37H75NO/c1-4-7-10-13-16-19-21-23-26-29-32-35-38(37(39)34-31-28-25-18-15-12-9-6-3)36-33-30-27-24-22-20-17-14-11-8-5-2/h4-36H2,1-3H3. The molecule has 0 unspecified atom stereocenters. The molecule has 0 radical (unpaired) electrons. The highest BCUT2D eigenvalue weighted by molar-refractivity contribution is 5.76. The molecule has 0 aromatic heterocycles. The van der Waals surface area contributed by atoms with E-state index < -0.39 is 0 Å². The van der Waals surface area contributed by atoms with Gasteiger partial charge in [-0.1, -0.05) is 194 Å². The summed E-state index contributed by atoms with van der Waals surface area (Å²) < 4.78 is 0. The number of unbranched alkanes of at least 4 members (excludes halogenated alkanes) is 27. The molecule has 0 saturated heterocycles. The van der Waals surface area contributed by atoms with Gasteiger partial charge in [0.15, 0.2) is 0 Å². The zero-order valence-electron chi connectivity index (χ0n) is 27.7. The lowest BCUT2D eigenvalue weighted by Crippen LogP contribution is -2.32. The minimum absolute atomic E-state index is 0.445. The van der Waals surface area contributed by atoms with Gasteiger partial charge >= 0.3 is 0 Å². The van der Waals surface area contributed by atoms with Gasteiger partial charge in [-0.3, -0.25) is 4.79 Å². The van der Waals surface area contributed by atoms with Crippen LogP contribution >= 0.6 is 0 Å². The van der Waals surface area contributed by atoms with Gasteiger partial charge in [0, 0.05) is 19.5 Å². The van der Waals surface area contributed by atoms with Crippen molar-refractivity contribution in [2.75, 3.05) is 13.1 Å². The fraction of sp³-hybridized carbons (Fsp3) is 0.973. The van der Waals surface area contributed by atoms with E-state index in [1.165, 1.54) is 186 Å². The maximum absolute atomic E-state index is 13.1. The molecule has 0 aliphatic carbocycles. The predicted molar refractivity (Wildman–Crippen MR) is 177 cm³/mol. The Hall–Kier alpha value is -0.530. The maximum atomic E-state index is 13.1. The molecule has 0 spiro atoms. The fourth-order valence-electron chi connectivity index (χ4n) is 5.86. The molecule has 0 heterocycles. The van der Waals surface area contributed by atoms with Crippen LogP contribution in [0.4, 0.5) is 0 Å². The summed E-state index contributed by atoms with van der Waals surface area (Å²) in [7, 11) is 0. The molecule has 0 saturated carbocycles. The molecule has 0 aliphatic rings. The Morgan fingerprint density at radius 3 is 0.846 bits per heavy atom. The second-order valence-corrected chi connectivity index (χ2v) is 12.7. The topological polar surface area (TPSA) is 20.3 Å². The molecule has 2 heteroatoms. The number of carbonyl (C=O) groups excluding carboxylic acids is 1. The van der Waals surface area contributed by atoms with Crippen LogP contribution in [0.25, 0.3) is 0 Å². The highest BCUT2D eigenvalue weighted by atomic mass is 16.2. The molecular weight excluding hydrogens is 474 g/mol. The summed E-state index contributed by atoms with van der Waals surface area (Å²) in [6.45, 7) is 8.88. The van der Waals surface area contributed by atoms with E-state index in [0.29, 0.717) is 5.91 Å². The molecule has 0 aromatic carbocycles. The minimum Gasteiger partial charge on any atom is -0.343 e. The zero-order valence-corrected chi connectivity index (χ0v) is 27.7. The molecule has 0 atom stereocenters. The van der Waals surface area contributed by atoms with Crippen LogP contribution < -0.4 is 0 Å². The van der Waals surface area contributed by atoms with Crippen molar-refractivity contribution in [1.29, 1.82) is 0 Å². The van der Waals surface area contributed by atoms with E-state index in [4.69, 9.17) is 0 Å². The smallest absolute Gasteiger partial charge is 0.222 e. The van der Waals surface area contributed by atoms with Crippen LogP contribution in [0.1, 0.15) is 220 Å². The molecule has 0 bridgehead atoms. The molecule has 0 aliphatic heterocycles. The molecule has 0 rings (SSSR count). The van der Waals surface area contributed by atoms with Gasteiger partial charge in [0.2, 0.25) is 5.91 Å². The lowest BCUT2D eigenvalue weighted by molar-refractivity contribution is -0.131. The SMILES string of the molecule is CCCCCCCCCCCCCN(CCCCCCCCCCCCC)C(=O)CCCCCCCCCC. The Morgan fingerprint density at radius 2 is 0.564 bits per heavy atom. The molecule has 2 nitrogen and oxygen atoms in total. The van der Waals surface area contributed by atoms with Crippen LogP contribution in [-0.4, -0.2) is 23.9 Å². The van der Waals surface area contributed by atoms with Crippen molar-refractivity contribution in [2.24, 2.45) is 0 Å². The first kappa shape index (κ1) is 38.5. The number of nitrogens with zero attached hydrogens (tertiary/aromatic N) is 1. The van der Waals surface area contributed by atoms with Gasteiger partial charge in [0.1, 0.15) is 0 Å². The number of hydrogen-bond donors (Lipinski definition) is 0. The van der Waals surface area contributed by atoms with Crippen molar-refractivity contribution in [3.05, 3.63) is 0 Å². The van der Waals surface area contributed by atoms with Gasteiger partial charge in [-0.05, 0) is 19.3 Å². The van der Waals surface area contributed by atoms with Crippen molar-refractivity contribution < 1.29 is 4.79 Å². The first-order valence-corrected chi connectivity index (χ1v) is 18.5. The molecule has 234 valence electrons. The van der Waals surface area contributed by atoms with E-state index >= 15 is 0 Å². The van der Waals surface area contributed by atoms with Crippen molar-refractivity contribution >= 4 is 5.91 Å². The molecule has 0 N–H and O–H groups in total. The van der Waals surface area contributed by atoms with E-state index in [1.807, 2.05) is 0 Å². The second kappa shape index (κ2) is 33.7. The van der Waals surface area contributed by atoms with Crippen LogP contribution in [0, 0.1) is 0 Å². The number of amides is 1. The van der Waals surface area contributed by atoms with E-state index in [-0.39, 0.29) is 0 Å². The third-order valence-electron chi connectivity index (χ3n) is 8.66. The summed E-state index contributed by atoms with van der Waals surface area (Å²) in [4.78, 5) is 15.3. The van der Waals surface area contributed by atoms with E-state index in [2.05, 4.69) is 25.7 Å². The molecule has 1 amide bonds. The third kappa shape index (κ3) is 30.3. The summed E-state index contributed by atoms with van der Waals surface area (Å²) in [5, 5.41) is 0. The first-order valence-electron chi connectivity index (χ1n) is 18.5. The van der Waals surface area contributed by atoms with Gasteiger partial charge in [-0.25, -0.2) is 0 Å². The second-order valence-electron chi connectivity index (χ2n) is 12.7. The predicted octanol–water partition coefficient (Wildman–Crippen LogP) is 13.0. The van der Waals surface area contributed by atoms with E-state index in [9.17, 15) is 4.79 Å².